The molecule has 1 aliphatic rings. The van der Waals surface area contributed by atoms with E-state index in [1.54, 1.807) is 11.3 Å². The van der Waals surface area contributed by atoms with E-state index >= 15 is 0 Å². The van der Waals surface area contributed by atoms with Gasteiger partial charge >= 0.3 is 0 Å². The maximum Gasteiger partial charge on any atom is 0.185 e. The first-order valence-electron chi connectivity index (χ1n) is 9.35. The highest BCUT2D eigenvalue weighted by Crippen LogP contribution is 2.29. The second kappa shape index (κ2) is 8.42. The summed E-state index contributed by atoms with van der Waals surface area (Å²) in [4.78, 5) is 7.06. The number of piperidine rings is 1. The van der Waals surface area contributed by atoms with Crippen molar-refractivity contribution in [3.63, 3.8) is 0 Å². The molecule has 2 heterocycles. The Hall–Kier alpha value is -1.96. The lowest BCUT2D eigenvalue weighted by Crippen LogP contribution is -2.39. The molecule has 0 radical (unpaired) electrons. The zero-order chi connectivity index (χ0) is 20.4. The van der Waals surface area contributed by atoms with Crippen molar-refractivity contribution in [3.05, 3.63) is 76.0 Å². The fourth-order valence-electron chi connectivity index (χ4n) is 3.51. The maximum atomic E-state index is 13.1. The predicted octanol–water partition coefficient (Wildman–Crippen LogP) is 4.97. The van der Waals surface area contributed by atoms with E-state index in [2.05, 4.69) is 4.90 Å². The summed E-state index contributed by atoms with van der Waals surface area (Å²) in [6, 6.07) is 12.8. The van der Waals surface area contributed by atoms with Crippen LogP contribution in [0, 0.1) is 5.82 Å². The Balaban J connectivity index is 1.39. The molecule has 1 aromatic heterocycles. The Bertz CT molecular complexity index is 1070. The monoisotopic (exact) mass is 450 g/mol. The Morgan fingerprint density at radius 2 is 1.72 bits per heavy atom. The summed E-state index contributed by atoms with van der Waals surface area (Å²) in [5, 5.41) is 3.24. The molecule has 0 spiro atoms. The average molecular weight is 451 g/mol. The van der Waals surface area contributed by atoms with Gasteiger partial charge in [0.1, 0.15) is 5.82 Å². The quantitative estimate of drug-likeness (QED) is 0.515. The number of aromatic nitrogens is 1. The molecule has 2 aromatic carbocycles. The summed E-state index contributed by atoms with van der Waals surface area (Å²) in [5.74, 6) is -0.433. The second-order valence-corrected chi connectivity index (χ2v) is 10.6. The Kier molecular flexibility index (Phi) is 5.90. The van der Waals surface area contributed by atoms with Crippen LogP contribution in [0.2, 0.25) is 5.02 Å². The summed E-state index contributed by atoms with van der Waals surface area (Å²) in [5.41, 5.74) is 2.14. The minimum absolute atomic E-state index is 0.192. The van der Waals surface area contributed by atoms with Crippen molar-refractivity contribution < 1.29 is 12.8 Å². The van der Waals surface area contributed by atoms with Gasteiger partial charge in [0, 0.05) is 29.9 Å². The standard InChI is InChI=1S/C21H20ClFN2O2S2/c22-16-3-1-15(2-4-16)13-18-14-28-21(24-18)25-11-9-20(10-12-25)29(26,27)19-7-5-17(23)6-8-19/h1-8,14,20H,9-13H2. The summed E-state index contributed by atoms with van der Waals surface area (Å²) in [7, 11) is -3.44. The molecule has 1 saturated heterocycles. The molecular formula is C21H20ClFN2O2S2. The van der Waals surface area contributed by atoms with Crippen molar-refractivity contribution in [2.45, 2.75) is 29.4 Å². The second-order valence-electron chi connectivity index (χ2n) is 7.11. The van der Waals surface area contributed by atoms with E-state index in [-0.39, 0.29) is 4.90 Å². The molecule has 8 heteroatoms. The van der Waals surface area contributed by atoms with Crippen molar-refractivity contribution in [1.82, 2.24) is 4.98 Å². The normalized spacial score (nSPS) is 15.6. The molecule has 0 amide bonds. The van der Waals surface area contributed by atoms with E-state index in [4.69, 9.17) is 16.6 Å². The average Bonchev–Trinajstić information content (AvgIpc) is 3.19. The van der Waals surface area contributed by atoms with Crippen LogP contribution >= 0.6 is 22.9 Å². The third-order valence-electron chi connectivity index (χ3n) is 5.13. The van der Waals surface area contributed by atoms with Crippen LogP contribution in [0.5, 0.6) is 0 Å². The molecule has 0 aliphatic carbocycles. The molecule has 3 aromatic rings. The highest BCUT2D eigenvalue weighted by atomic mass is 35.5. The smallest absolute Gasteiger partial charge is 0.185 e. The van der Waals surface area contributed by atoms with E-state index in [0.717, 1.165) is 22.8 Å². The number of sulfone groups is 1. The van der Waals surface area contributed by atoms with Gasteiger partial charge in [-0.05, 0) is 54.8 Å². The number of thiazole rings is 1. The molecule has 4 nitrogen and oxygen atoms in total. The van der Waals surface area contributed by atoms with Gasteiger partial charge in [0.2, 0.25) is 0 Å². The summed E-state index contributed by atoms with van der Waals surface area (Å²) in [6.07, 6.45) is 1.81. The van der Waals surface area contributed by atoms with Crippen molar-refractivity contribution in [3.8, 4) is 0 Å². The van der Waals surface area contributed by atoms with E-state index in [0.29, 0.717) is 31.0 Å². The van der Waals surface area contributed by atoms with Gasteiger partial charge in [-0.2, -0.15) is 0 Å². The maximum absolute atomic E-state index is 13.1. The highest BCUT2D eigenvalue weighted by Gasteiger charge is 2.32. The summed E-state index contributed by atoms with van der Waals surface area (Å²) < 4.78 is 38.7. The van der Waals surface area contributed by atoms with Crippen molar-refractivity contribution >= 4 is 37.9 Å². The Labute approximate surface area is 178 Å². The molecule has 29 heavy (non-hydrogen) atoms. The van der Waals surface area contributed by atoms with Crippen LogP contribution in [0.25, 0.3) is 0 Å². The Morgan fingerprint density at radius 3 is 2.38 bits per heavy atom. The third kappa shape index (κ3) is 4.63. The first kappa shape index (κ1) is 20.3. The van der Waals surface area contributed by atoms with E-state index in [1.165, 1.54) is 24.3 Å². The SMILES string of the molecule is O=S(=O)(c1ccc(F)cc1)C1CCN(c2nc(Cc3ccc(Cl)cc3)cs2)CC1. The fraction of sp³-hybridized carbons (Fsp3) is 0.286. The summed E-state index contributed by atoms with van der Waals surface area (Å²) >= 11 is 7.51. The van der Waals surface area contributed by atoms with Gasteiger partial charge in [0.05, 0.1) is 15.8 Å². The minimum atomic E-state index is -3.44. The first-order chi connectivity index (χ1) is 13.9. The molecule has 4 rings (SSSR count). The molecule has 0 saturated carbocycles. The number of hydrogen-bond donors (Lipinski definition) is 0. The van der Waals surface area contributed by atoms with Gasteiger partial charge in [-0.3, -0.25) is 0 Å². The van der Waals surface area contributed by atoms with E-state index < -0.39 is 20.9 Å². The number of hydrogen-bond acceptors (Lipinski definition) is 5. The molecule has 1 aliphatic heterocycles. The van der Waals surface area contributed by atoms with Crippen LogP contribution in [0.1, 0.15) is 24.1 Å². The largest absolute Gasteiger partial charge is 0.348 e. The van der Waals surface area contributed by atoms with Crippen LogP contribution in [-0.2, 0) is 16.3 Å². The summed E-state index contributed by atoms with van der Waals surface area (Å²) in [6.45, 7) is 1.28. The lowest BCUT2D eigenvalue weighted by atomic mass is 10.1. The fourth-order valence-corrected chi connectivity index (χ4v) is 6.25. The lowest BCUT2D eigenvalue weighted by molar-refractivity contribution is 0.529. The zero-order valence-corrected chi connectivity index (χ0v) is 18.0. The predicted molar refractivity (Wildman–Crippen MR) is 115 cm³/mol. The number of halogens is 2. The first-order valence-corrected chi connectivity index (χ1v) is 12.2. The minimum Gasteiger partial charge on any atom is -0.348 e. The van der Waals surface area contributed by atoms with Crippen molar-refractivity contribution in [2.75, 3.05) is 18.0 Å². The molecule has 0 atom stereocenters. The molecule has 1 fully saturated rings. The van der Waals surface area contributed by atoms with Crippen LogP contribution in [0.4, 0.5) is 9.52 Å². The molecular weight excluding hydrogens is 431 g/mol. The lowest BCUT2D eigenvalue weighted by Gasteiger charge is -2.31. The number of benzene rings is 2. The molecule has 0 bridgehead atoms. The number of anilines is 1. The topological polar surface area (TPSA) is 50.3 Å². The van der Waals surface area contributed by atoms with E-state index in [9.17, 15) is 12.8 Å². The number of nitrogens with zero attached hydrogens (tertiary/aromatic N) is 2. The molecule has 0 unspecified atom stereocenters. The zero-order valence-electron chi connectivity index (χ0n) is 15.6. The van der Waals surface area contributed by atoms with Gasteiger partial charge in [-0.15, -0.1) is 11.3 Å². The van der Waals surface area contributed by atoms with Gasteiger partial charge in [0.25, 0.3) is 0 Å². The van der Waals surface area contributed by atoms with Crippen LogP contribution in [0.3, 0.4) is 0 Å². The molecule has 0 N–H and O–H groups in total. The van der Waals surface area contributed by atoms with Crippen LogP contribution < -0.4 is 4.90 Å². The number of rotatable bonds is 5. The van der Waals surface area contributed by atoms with Crippen LogP contribution in [-0.4, -0.2) is 31.7 Å². The van der Waals surface area contributed by atoms with Crippen molar-refractivity contribution in [2.24, 2.45) is 0 Å². The van der Waals surface area contributed by atoms with Crippen molar-refractivity contribution in [1.29, 1.82) is 0 Å². The van der Waals surface area contributed by atoms with Crippen LogP contribution in [0.15, 0.2) is 58.8 Å². The molecule has 152 valence electrons. The third-order valence-corrected chi connectivity index (χ3v) is 8.61. The van der Waals surface area contributed by atoms with Gasteiger partial charge < -0.3 is 4.90 Å². The van der Waals surface area contributed by atoms with Gasteiger partial charge in [-0.25, -0.2) is 17.8 Å². The van der Waals surface area contributed by atoms with Gasteiger partial charge in [0.15, 0.2) is 15.0 Å². The Morgan fingerprint density at radius 1 is 1.07 bits per heavy atom. The van der Waals surface area contributed by atoms with E-state index in [1.807, 2.05) is 29.6 Å². The highest BCUT2D eigenvalue weighted by molar-refractivity contribution is 7.92. The van der Waals surface area contributed by atoms with Gasteiger partial charge in [-0.1, -0.05) is 23.7 Å².